The number of ether oxygens (including phenoxy) is 1. The molecule has 4 heteroatoms. The van der Waals surface area contributed by atoms with Gasteiger partial charge in [0.1, 0.15) is 0 Å². The first-order valence-electron chi connectivity index (χ1n) is 7.17. The minimum absolute atomic E-state index is 0.534. The highest BCUT2D eigenvalue weighted by atomic mass is 16.5. The maximum Gasteiger partial charge on any atom is 0.0921 e. The SMILES string of the molecule is c1ncc(CCNC2CCCC23CCOCC3)[nH]1. The van der Waals surface area contributed by atoms with Crippen molar-refractivity contribution in [1.82, 2.24) is 15.3 Å². The largest absolute Gasteiger partial charge is 0.381 e. The summed E-state index contributed by atoms with van der Waals surface area (Å²) < 4.78 is 5.53. The van der Waals surface area contributed by atoms with Crippen LogP contribution in [0.25, 0.3) is 0 Å². The molecule has 1 atom stereocenters. The van der Waals surface area contributed by atoms with E-state index in [0.29, 0.717) is 11.5 Å². The second kappa shape index (κ2) is 5.41. The molecule has 1 aliphatic carbocycles. The van der Waals surface area contributed by atoms with Gasteiger partial charge in [0, 0.05) is 44.1 Å². The van der Waals surface area contributed by atoms with Crippen molar-refractivity contribution in [2.45, 2.75) is 44.6 Å². The fraction of sp³-hybridized carbons (Fsp3) is 0.786. The predicted molar refractivity (Wildman–Crippen MR) is 70.4 cm³/mol. The van der Waals surface area contributed by atoms with Gasteiger partial charge in [-0.1, -0.05) is 6.42 Å². The molecule has 2 heterocycles. The minimum Gasteiger partial charge on any atom is -0.381 e. The molecule has 1 aromatic heterocycles. The van der Waals surface area contributed by atoms with E-state index in [1.54, 1.807) is 6.33 Å². The number of nitrogens with one attached hydrogen (secondary N) is 2. The maximum absolute atomic E-state index is 5.53. The van der Waals surface area contributed by atoms with Crippen LogP contribution < -0.4 is 5.32 Å². The molecule has 2 aliphatic rings. The lowest BCUT2D eigenvalue weighted by molar-refractivity contribution is 0.00456. The molecule has 100 valence electrons. The molecular formula is C14H23N3O. The Labute approximate surface area is 109 Å². The summed E-state index contributed by atoms with van der Waals surface area (Å²) in [6, 6.07) is 0.698. The monoisotopic (exact) mass is 249 g/mol. The van der Waals surface area contributed by atoms with Crippen LogP contribution in [0.4, 0.5) is 0 Å². The van der Waals surface area contributed by atoms with E-state index in [2.05, 4.69) is 15.3 Å². The average molecular weight is 249 g/mol. The van der Waals surface area contributed by atoms with E-state index in [4.69, 9.17) is 4.74 Å². The first kappa shape index (κ1) is 12.2. The lowest BCUT2D eigenvalue weighted by Crippen LogP contribution is -2.45. The molecule has 3 rings (SSSR count). The number of aromatic nitrogens is 2. The molecule has 4 nitrogen and oxygen atoms in total. The third-order valence-corrected chi connectivity index (χ3v) is 4.74. The first-order valence-corrected chi connectivity index (χ1v) is 7.17. The van der Waals surface area contributed by atoms with Crippen LogP contribution in [-0.2, 0) is 11.2 Å². The highest BCUT2D eigenvalue weighted by Gasteiger charge is 2.43. The van der Waals surface area contributed by atoms with Crippen LogP contribution >= 0.6 is 0 Å². The number of nitrogens with zero attached hydrogens (tertiary/aromatic N) is 1. The van der Waals surface area contributed by atoms with Crippen molar-refractivity contribution in [3.8, 4) is 0 Å². The Kier molecular flexibility index (Phi) is 3.66. The normalized spacial score (nSPS) is 26.8. The standard InChI is InChI=1S/C14H23N3O/c1-2-13(14(4-1)5-8-18-9-6-14)16-7-3-12-10-15-11-17-12/h10-11,13,16H,1-9H2,(H,15,17). The average Bonchev–Trinajstić information content (AvgIpc) is 3.02. The highest BCUT2D eigenvalue weighted by molar-refractivity contribution is 4.99. The third kappa shape index (κ3) is 2.45. The van der Waals surface area contributed by atoms with Gasteiger partial charge in [0.2, 0.25) is 0 Å². The second-order valence-corrected chi connectivity index (χ2v) is 5.70. The van der Waals surface area contributed by atoms with Gasteiger partial charge in [-0.3, -0.25) is 0 Å². The summed E-state index contributed by atoms with van der Waals surface area (Å²) in [7, 11) is 0. The molecule has 0 aromatic carbocycles. The van der Waals surface area contributed by atoms with Crippen molar-refractivity contribution in [3.63, 3.8) is 0 Å². The summed E-state index contributed by atoms with van der Waals surface area (Å²) in [6.45, 7) is 2.97. The lowest BCUT2D eigenvalue weighted by atomic mass is 9.75. The van der Waals surface area contributed by atoms with Gasteiger partial charge >= 0.3 is 0 Å². The summed E-state index contributed by atoms with van der Waals surface area (Å²) in [6.07, 6.45) is 11.3. The molecule has 18 heavy (non-hydrogen) atoms. The predicted octanol–water partition coefficient (Wildman–Crippen LogP) is 1.89. The van der Waals surface area contributed by atoms with Crippen molar-refractivity contribution in [1.29, 1.82) is 0 Å². The fourth-order valence-corrected chi connectivity index (χ4v) is 3.64. The van der Waals surface area contributed by atoms with E-state index in [-0.39, 0.29) is 0 Å². The van der Waals surface area contributed by atoms with Gasteiger partial charge in [0.15, 0.2) is 0 Å². The van der Waals surface area contributed by atoms with Crippen LogP contribution in [0.3, 0.4) is 0 Å². The zero-order valence-electron chi connectivity index (χ0n) is 11.0. The van der Waals surface area contributed by atoms with Crippen LogP contribution in [-0.4, -0.2) is 35.8 Å². The Morgan fingerprint density at radius 1 is 1.39 bits per heavy atom. The zero-order chi connectivity index (χ0) is 12.3. The van der Waals surface area contributed by atoms with Crippen LogP contribution in [0.5, 0.6) is 0 Å². The Morgan fingerprint density at radius 3 is 3.06 bits per heavy atom. The van der Waals surface area contributed by atoms with Crippen molar-refractivity contribution in [2.75, 3.05) is 19.8 Å². The highest BCUT2D eigenvalue weighted by Crippen LogP contribution is 2.45. The van der Waals surface area contributed by atoms with E-state index in [0.717, 1.165) is 26.2 Å². The molecular weight excluding hydrogens is 226 g/mol. The van der Waals surface area contributed by atoms with Crippen LogP contribution in [0.2, 0.25) is 0 Å². The minimum atomic E-state index is 0.534. The zero-order valence-corrected chi connectivity index (χ0v) is 11.0. The van der Waals surface area contributed by atoms with Crippen molar-refractivity contribution >= 4 is 0 Å². The van der Waals surface area contributed by atoms with Crippen LogP contribution in [0, 0.1) is 5.41 Å². The summed E-state index contributed by atoms with van der Waals surface area (Å²) in [5.41, 5.74) is 1.76. The molecule has 1 unspecified atom stereocenters. The van der Waals surface area contributed by atoms with Crippen LogP contribution in [0.1, 0.15) is 37.8 Å². The Bertz CT molecular complexity index is 357. The molecule has 0 radical (unpaired) electrons. The van der Waals surface area contributed by atoms with Gasteiger partial charge in [-0.2, -0.15) is 0 Å². The van der Waals surface area contributed by atoms with Gasteiger partial charge in [-0.05, 0) is 31.1 Å². The smallest absolute Gasteiger partial charge is 0.0921 e. The molecule has 0 bridgehead atoms. The van der Waals surface area contributed by atoms with Crippen molar-refractivity contribution in [3.05, 3.63) is 18.2 Å². The number of rotatable bonds is 4. The van der Waals surface area contributed by atoms with Gasteiger partial charge < -0.3 is 15.0 Å². The molecule has 1 spiro atoms. The quantitative estimate of drug-likeness (QED) is 0.856. The van der Waals surface area contributed by atoms with Gasteiger partial charge in [0.05, 0.1) is 6.33 Å². The molecule has 1 saturated carbocycles. The number of hydrogen-bond acceptors (Lipinski definition) is 3. The maximum atomic E-state index is 5.53. The van der Waals surface area contributed by atoms with Gasteiger partial charge in [0.25, 0.3) is 0 Å². The van der Waals surface area contributed by atoms with E-state index in [1.165, 1.54) is 37.8 Å². The van der Waals surface area contributed by atoms with E-state index >= 15 is 0 Å². The molecule has 0 amide bonds. The number of H-pyrrole nitrogens is 1. The van der Waals surface area contributed by atoms with E-state index in [9.17, 15) is 0 Å². The third-order valence-electron chi connectivity index (χ3n) is 4.74. The lowest BCUT2D eigenvalue weighted by Gasteiger charge is -2.39. The molecule has 1 aromatic rings. The summed E-state index contributed by atoms with van der Waals surface area (Å²) in [4.78, 5) is 7.22. The molecule has 1 saturated heterocycles. The Balaban J connectivity index is 1.52. The Hall–Kier alpha value is -0.870. The fourth-order valence-electron chi connectivity index (χ4n) is 3.64. The first-order chi connectivity index (χ1) is 8.89. The number of aromatic amines is 1. The molecule has 2 N–H and O–H groups in total. The summed E-state index contributed by atoms with van der Waals surface area (Å²) in [5, 5.41) is 3.78. The van der Waals surface area contributed by atoms with Crippen LogP contribution in [0.15, 0.2) is 12.5 Å². The number of imidazole rings is 1. The molecule has 2 fully saturated rings. The van der Waals surface area contributed by atoms with E-state index < -0.39 is 0 Å². The summed E-state index contributed by atoms with van der Waals surface area (Å²) in [5.74, 6) is 0. The van der Waals surface area contributed by atoms with Crippen molar-refractivity contribution < 1.29 is 4.74 Å². The topological polar surface area (TPSA) is 49.9 Å². The van der Waals surface area contributed by atoms with Gasteiger partial charge in [-0.25, -0.2) is 4.98 Å². The number of hydrogen-bond donors (Lipinski definition) is 2. The second-order valence-electron chi connectivity index (χ2n) is 5.70. The van der Waals surface area contributed by atoms with Crippen molar-refractivity contribution in [2.24, 2.45) is 5.41 Å². The Morgan fingerprint density at radius 2 is 2.28 bits per heavy atom. The molecule has 1 aliphatic heterocycles. The van der Waals surface area contributed by atoms with E-state index in [1.807, 2.05) is 6.20 Å². The summed E-state index contributed by atoms with van der Waals surface area (Å²) >= 11 is 0. The van der Waals surface area contributed by atoms with Gasteiger partial charge in [-0.15, -0.1) is 0 Å².